The van der Waals surface area contributed by atoms with Gasteiger partial charge in [-0.25, -0.2) is 0 Å². The zero-order chi connectivity index (χ0) is 11.6. The minimum atomic E-state index is 0.185. The number of aryl methyl sites for hydroxylation is 2. The molecule has 1 heterocycles. The first kappa shape index (κ1) is 11.6. The van der Waals surface area contributed by atoms with E-state index in [0.717, 1.165) is 18.1 Å². The molecular weight excluding hydrogens is 188 g/mol. The molecule has 15 heavy (non-hydrogen) atoms. The molecule has 4 nitrogen and oxygen atoms in total. The van der Waals surface area contributed by atoms with Crippen LogP contribution in [-0.2, 0) is 7.05 Å². The molecule has 0 saturated carbocycles. The van der Waals surface area contributed by atoms with E-state index in [9.17, 15) is 0 Å². The van der Waals surface area contributed by atoms with Gasteiger partial charge in [0.05, 0.1) is 5.69 Å². The number of nitrogens with zero attached hydrogens (tertiary/aromatic N) is 3. The quantitative estimate of drug-likeness (QED) is 0.805. The number of rotatable bonds is 2. The summed E-state index contributed by atoms with van der Waals surface area (Å²) in [6.07, 6.45) is 0. The largest absolute Gasteiger partial charge is 0.369 e. The molecule has 82 valence electrons. The molecule has 0 amide bonds. The lowest BCUT2D eigenvalue weighted by Gasteiger charge is -2.19. The van der Waals surface area contributed by atoms with Gasteiger partial charge in [0.2, 0.25) is 0 Å². The topological polar surface area (TPSA) is 53.6 Å². The molecule has 0 atom stereocenters. The summed E-state index contributed by atoms with van der Waals surface area (Å²) < 4.78 is 1.72. The predicted octanol–water partition coefficient (Wildman–Crippen LogP) is 2.06. The molecule has 0 radical (unpaired) electrons. The summed E-state index contributed by atoms with van der Waals surface area (Å²) in [5, 5.41) is 16.5. The van der Waals surface area contributed by atoms with E-state index in [1.165, 1.54) is 0 Å². The number of aromatic nitrogens is 2. The molecule has 1 aromatic rings. The van der Waals surface area contributed by atoms with Crippen LogP contribution in [0.5, 0.6) is 0 Å². The minimum Gasteiger partial charge on any atom is -0.369 e. The van der Waals surface area contributed by atoms with Crippen molar-refractivity contribution in [3.63, 3.8) is 0 Å². The smallest absolute Gasteiger partial charge is 0.142 e. The van der Waals surface area contributed by atoms with Crippen molar-refractivity contribution in [2.75, 3.05) is 11.9 Å². The Morgan fingerprint density at radius 3 is 2.53 bits per heavy atom. The van der Waals surface area contributed by atoms with Gasteiger partial charge in [-0.1, -0.05) is 20.8 Å². The molecule has 0 aromatic carbocycles. The molecule has 0 aliphatic rings. The third kappa shape index (κ3) is 2.72. The van der Waals surface area contributed by atoms with Crippen LogP contribution in [0, 0.1) is 23.7 Å². The SMILES string of the molecule is Cc1nn(C)c(NCC(C)(C)C)c1C#N. The highest BCUT2D eigenvalue weighted by Crippen LogP contribution is 2.20. The molecule has 1 aromatic heterocycles. The third-order valence-electron chi connectivity index (χ3n) is 2.12. The van der Waals surface area contributed by atoms with Crippen molar-refractivity contribution in [2.24, 2.45) is 12.5 Å². The van der Waals surface area contributed by atoms with Crippen molar-refractivity contribution < 1.29 is 0 Å². The summed E-state index contributed by atoms with van der Waals surface area (Å²) in [6, 6.07) is 2.18. The summed E-state index contributed by atoms with van der Waals surface area (Å²) >= 11 is 0. The molecule has 0 bridgehead atoms. The van der Waals surface area contributed by atoms with E-state index in [1.807, 2.05) is 14.0 Å². The van der Waals surface area contributed by atoms with Crippen LogP contribution < -0.4 is 5.32 Å². The third-order valence-corrected chi connectivity index (χ3v) is 2.12. The van der Waals surface area contributed by atoms with Crippen LogP contribution in [0.25, 0.3) is 0 Å². The molecular formula is C11H18N4. The first-order valence-electron chi connectivity index (χ1n) is 5.03. The Bertz CT molecular complexity index is 390. The van der Waals surface area contributed by atoms with Crippen LogP contribution in [0.4, 0.5) is 5.82 Å². The van der Waals surface area contributed by atoms with E-state index in [-0.39, 0.29) is 5.41 Å². The maximum Gasteiger partial charge on any atom is 0.142 e. The average Bonchev–Trinajstić information content (AvgIpc) is 2.35. The van der Waals surface area contributed by atoms with Crippen LogP contribution in [0.3, 0.4) is 0 Å². The Labute approximate surface area is 90.9 Å². The fraction of sp³-hybridized carbons (Fsp3) is 0.636. The second-order valence-corrected chi connectivity index (χ2v) is 4.96. The van der Waals surface area contributed by atoms with Gasteiger partial charge in [-0.2, -0.15) is 10.4 Å². The summed E-state index contributed by atoms with van der Waals surface area (Å²) in [7, 11) is 1.85. The first-order chi connectivity index (χ1) is 6.85. The zero-order valence-electron chi connectivity index (χ0n) is 10.0. The molecule has 0 saturated heterocycles. The van der Waals surface area contributed by atoms with E-state index < -0.39 is 0 Å². The van der Waals surface area contributed by atoms with Gasteiger partial charge in [0.15, 0.2) is 0 Å². The Morgan fingerprint density at radius 1 is 1.47 bits per heavy atom. The number of anilines is 1. The summed E-state index contributed by atoms with van der Waals surface area (Å²) in [4.78, 5) is 0. The molecule has 0 fully saturated rings. The Morgan fingerprint density at radius 2 is 2.07 bits per heavy atom. The van der Waals surface area contributed by atoms with E-state index in [0.29, 0.717) is 5.56 Å². The summed E-state index contributed by atoms with van der Waals surface area (Å²) in [5.74, 6) is 0.810. The van der Waals surface area contributed by atoms with Gasteiger partial charge in [-0.15, -0.1) is 0 Å². The summed E-state index contributed by atoms with van der Waals surface area (Å²) in [6.45, 7) is 9.11. The highest BCUT2D eigenvalue weighted by atomic mass is 15.3. The molecule has 0 unspecified atom stereocenters. The van der Waals surface area contributed by atoms with E-state index in [1.54, 1.807) is 4.68 Å². The van der Waals surface area contributed by atoms with Crippen LogP contribution >= 0.6 is 0 Å². The molecule has 0 aliphatic carbocycles. The van der Waals surface area contributed by atoms with Crippen molar-refractivity contribution in [1.82, 2.24) is 9.78 Å². The van der Waals surface area contributed by atoms with Gasteiger partial charge < -0.3 is 5.32 Å². The average molecular weight is 206 g/mol. The highest BCUT2D eigenvalue weighted by molar-refractivity contribution is 5.55. The Balaban J connectivity index is 2.91. The van der Waals surface area contributed by atoms with Crippen LogP contribution in [0.15, 0.2) is 0 Å². The van der Waals surface area contributed by atoms with E-state index in [2.05, 4.69) is 37.3 Å². The van der Waals surface area contributed by atoms with Crippen molar-refractivity contribution in [3.05, 3.63) is 11.3 Å². The van der Waals surface area contributed by atoms with Gasteiger partial charge in [-0.3, -0.25) is 4.68 Å². The second-order valence-electron chi connectivity index (χ2n) is 4.96. The van der Waals surface area contributed by atoms with Gasteiger partial charge in [0.25, 0.3) is 0 Å². The summed E-state index contributed by atoms with van der Waals surface area (Å²) in [5.41, 5.74) is 1.60. The predicted molar refractivity (Wildman–Crippen MR) is 60.6 cm³/mol. The molecule has 4 heteroatoms. The normalized spacial score (nSPS) is 11.2. The molecule has 1 rings (SSSR count). The maximum atomic E-state index is 9.00. The Kier molecular flexibility index (Phi) is 3.04. The minimum absolute atomic E-state index is 0.185. The molecule has 0 spiro atoms. The van der Waals surface area contributed by atoms with Crippen molar-refractivity contribution in [2.45, 2.75) is 27.7 Å². The fourth-order valence-corrected chi connectivity index (χ4v) is 1.34. The van der Waals surface area contributed by atoms with Crippen molar-refractivity contribution >= 4 is 5.82 Å². The Hall–Kier alpha value is -1.50. The number of hydrogen-bond acceptors (Lipinski definition) is 3. The van der Waals surface area contributed by atoms with Crippen LogP contribution in [0.2, 0.25) is 0 Å². The lowest BCUT2D eigenvalue weighted by Crippen LogP contribution is -2.20. The number of hydrogen-bond donors (Lipinski definition) is 1. The molecule has 0 aliphatic heterocycles. The highest BCUT2D eigenvalue weighted by Gasteiger charge is 2.15. The van der Waals surface area contributed by atoms with Crippen molar-refractivity contribution in [1.29, 1.82) is 5.26 Å². The van der Waals surface area contributed by atoms with Crippen LogP contribution in [-0.4, -0.2) is 16.3 Å². The fourth-order valence-electron chi connectivity index (χ4n) is 1.34. The van der Waals surface area contributed by atoms with Gasteiger partial charge in [-0.05, 0) is 12.3 Å². The lowest BCUT2D eigenvalue weighted by molar-refractivity contribution is 0.441. The zero-order valence-corrected chi connectivity index (χ0v) is 10.0. The first-order valence-corrected chi connectivity index (χ1v) is 5.03. The van der Waals surface area contributed by atoms with E-state index in [4.69, 9.17) is 5.26 Å². The van der Waals surface area contributed by atoms with Gasteiger partial charge in [0, 0.05) is 13.6 Å². The number of nitrogens with one attached hydrogen (secondary N) is 1. The van der Waals surface area contributed by atoms with Crippen molar-refractivity contribution in [3.8, 4) is 6.07 Å². The molecule has 1 N–H and O–H groups in total. The monoisotopic (exact) mass is 206 g/mol. The standard InChI is InChI=1S/C11H18N4/c1-8-9(6-12)10(15(5)14-8)13-7-11(2,3)4/h13H,7H2,1-5H3. The number of nitriles is 1. The lowest BCUT2D eigenvalue weighted by atomic mass is 9.97. The van der Waals surface area contributed by atoms with E-state index >= 15 is 0 Å². The second kappa shape index (κ2) is 3.93. The van der Waals surface area contributed by atoms with Crippen LogP contribution in [0.1, 0.15) is 32.0 Å². The van der Waals surface area contributed by atoms with Gasteiger partial charge >= 0.3 is 0 Å². The van der Waals surface area contributed by atoms with Gasteiger partial charge in [0.1, 0.15) is 17.5 Å². The maximum absolute atomic E-state index is 9.00.